The van der Waals surface area contributed by atoms with Crippen LogP contribution in [0.5, 0.6) is 5.75 Å². The lowest BCUT2D eigenvalue weighted by molar-refractivity contribution is 0.0730. The Morgan fingerprint density at radius 3 is 2.83 bits per heavy atom. The molecule has 1 aliphatic rings. The fraction of sp³-hybridized carbons (Fsp3) is 0.333. The molecule has 1 atom stereocenters. The third-order valence-electron chi connectivity index (χ3n) is 4.31. The number of hydrogen-bond donors (Lipinski definition) is 1. The van der Waals surface area contributed by atoms with E-state index in [1.807, 2.05) is 29.2 Å². The van der Waals surface area contributed by atoms with Crippen molar-refractivity contribution in [3.05, 3.63) is 53.3 Å². The SMILES string of the molecule is COc1cccc(C2CCCN2C(=O)c2cc(C(C)=O)c[nH]2)c1. The number of amides is 1. The van der Waals surface area contributed by atoms with Crippen LogP contribution in [0.15, 0.2) is 36.5 Å². The van der Waals surface area contributed by atoms with E-state index in [0.717, 1.165) is 30.7 Å². The van der Waals surface area contributed by atoms with Gasteiger partial charge in [-0.05, 0) is 43.5 Å². The van der Waals surface area contributed by atoms with E-state index in [2.05, 4.69) is 4.98 Å². The van der Waals surface area contributed by atoms with Gasteiger partial charge in [0.15, 0.2) is 5.78 Å². The minimum Gasteiger partial charge on any atom is -0.497 e. The van der Waals surface area contributed by atoms with Crippen molar-refractivity contribution in [2.75, 3.05) is 13.7 Å². The maximum atomic E-state index is 12.8. The lowest BCUT2D eigenvalue weighted by atomic mass is 10.0. The average Bonchev–Trinajstić information content (AvgIpc) is 3.23. The highest BCUT2D eigenvalue weighted by atomic mass is 16.5. The van der Waals surface area contributed by atoms with Crippen molar-refractivity contribution >= 4 is 11.7 Å². The van der Waals surface area contributed by atoms with Gasteiger partial charge in [0.1, 0.15) is 11.4 Å². The van der Waals surface area contributed by atoms with Crippen LogP contribution >= 0.6 is 0 Å². The molecule has 0 spiro atoms. The van der Waals surface area contributed by atoms with Gasteiger partial charge in [-0.1, -0.05) is 12.1 Å². The molecule has 1 aromatic carbocycles. The fourth-order valence-corrected chi connectivity index (χ4v) is 3.08. The Kier molecular flexibility index (Phi) is 4.19. The zero-order valence-electron chi connectivity index (χ0n) is 13.3. The molecule has 0 bridgehead atoms. The van der Waals surface area contributed by atoms with Gasteiger partial charge in [0.2, 0.25) is 0 Å². The minimum absolute atomic E-state index is 0.0432. The number of nitrogens with one attached hydrogen (secondary N) is 1. The molecular weight excluding hydrogens is 292 g/mol. The molecule has 1 unspecified atom stereocenters. The van der Waals surface area contributed by atoms with Crippen molar-refractivity contribution in [3.8, 4) is 5.75 Å². The number of benzene rings is 1. The topological polar surface area (TPSA) is 62.4 Å². The van der Waals surface area contributed by atoms with E-state index in [1.165, 1.54) is 6.92 Å². The maximum absolute atomic E-state index is 12.8. The molecule has 23 heavy (non-hydrogen) atoms. The molecule has 2 aromatic rings. The summed E-state index contributed by atoms with van der Waals surface area (Å²) in [6.45, 7) is 2.21. The van der Waals surface area contributed by atoms with Gasteiger partial charge in [-0.2, -0.15) is 0 Å². The second-order valence-corrected chi connectivity index (χ2v) is 5.79. The number of Topliss-reactive ketones (excluding diaryl/α,β-unsaturated/α-hetero) is 1. The van der Waals surface area contributed by atoms with Gasteiger partial charge in [-0.15, -0.1) is 0 Å². The summed E-state index contributed by atoms with van der Waals surface area (Å²) in [5.41, 5.74) is 2.07. The number of ketones is 1. The second kappa shape index (κ2) is 6.28. The molecule has 1 fully saturated rings. The Bertz CT molecular complexity index is 735. The molecule has 0 saturated carbocycles. The van der Waals surface area contributed by atoms with Crippen molar-refractivity contribution in [1.82, 2.24) is 9.88 Å². The van der Waals surface area contributed by atoms with Gasteiger partial charge >= 0.3 is 0 Å². The summed E-state index contributed by atoms with van der Waals surface area (Å²) in [6.07, 6.45) is 3.49. The first-order valence-electron chi connectivity index (χ1n) is 7.74. The summed E-state index contributed by atoms with van der Waals surface area (Å²) in [6, 6.07) is 9.51. The lowest BCUT2D eigenvalue weighted by Crippen LogP contribution is -2.30. The quantitative estimate of drug-likeness (QED) is 0.882. The monoisotopic (exact) mass is 312 g/mol. The zero-order chi connectivity index (χ0) is 16.4. The molecule has 1 aliphatic heterocycles. The maximum Gasteiger partial charge on any atom is 0.270 e. The smallest absolute Gasteiger partial charge is 0.270 e. The number of aromatic amines is 1. The Hall–Kier alpha value is -2.56. The van der Waals surface area contributed by atoms with Crippen molar-refractivity contribution in [2.45, 2.75) is 25.8 Å². The number of rotatable bonds is 4. The van der Waals surface area contributed by atoms with Crippen molar-refractivity contribution in [1.29, 1.82) is 0 Å². The van der Waals surface area contributed by atoms with E-state index in [9.17, 15) is 9.59 Å². The van der Waals surface area contributed by atoms with Crippen LogP contribution < -0.4 is 4.74 Å². The van der Waals surface area contributed by atoms with Crippen LogP contribution in [0, 0.1) is 0 Å². The third kappa shape index (κ3) is 2.99. The molecule has 1 saturated heterocycles. The van der Waals surface area contributed by atoms with Crippen LogP contribution in [-0.4, -0.2) is 35.2 Å². The van der Waals surface area contributed by atoms with E-state index >= 15 is 0 Å². The number of aromatic nitrogens is 1. The van der Waals surface area contributed by atoms with Crippen molar-refractivity contribution in [2.24, 2.45) is 0 Å². The van der Waals surface area contributed by atoms with E-state index in [4.69, 9.17) is 4.74 Å². The average molecular weight is 312 g/mol. The Balaban J connectivity index is 1.85. The first-order valence-corrected chi connectivity index (χ1v) is 7.74. The number of carbonyl (C=O) groups is 2. The second-order valence-electron chi connectivity index (χ2n) is 5.79. The summed E-state index contributed by atoms with van der Waals surface area (Å²) in [5.74, 6) is 0.675. The first-order chi connectivity index (χ1) is 11.1. The number of nitrogens with zero attached hydrogens (tertiary/aromatic N) is 1. The predicted molar refractivity (Wildman–Crippen MR) is 86.8 cm³/mol. The number of carbonyl (C=O) groups excluding carboxylic acids is 2. The lowest BCUT2D eigenvalue weighted by Gasteiger charge is -2.25. The summed E-state index contributed by atoms with van der Waals surface area (Å²) >= 11 is 0. The van der Waals surface area contributed by atoms with Crippen LogP contribution in [0.4, 0.5) is 0 Å². The Labute approximate surface area is 135 Å². The van der Waals surface area contributed by atoms with E-state index < -0.39 is 0 Å². The van der Waals surface area contributed by atoms with Gasteiger partial charge in [-0.25, -0.2) is 0 Å². The minimum atomic E-state index is -0.0668. The van der Waals surface area contributed by atoms with Crippen LogP contribution in [0.25, 0.3) is 0 Å². The van der Waals surface area contributed by atoms with E-state index in [0.29, 0.717) is 11.3 Å². The fourth-order valence-electron chi connectivity index (χ4n) is 3.08. The number of hydrogen-bond acceptors (Lipinski definition) is 3. The molecule has 1 N–H and O–H groups in total. The molecule has 5 heteroatoms. The number of likely N-dealkylation sites (tertiary alicyclic amines) is 1. The summed E-state index contributed by atoms with van der Waals surface area (Å²) in [5, 5.41) is 0. The van der Waals surface area contributed by atoms with Gasteiger partial charge in [0, 0.05) is 18.3 Å². The third-order valence-corrected chi connectivity index (χ3v) is 4.31. The van der Waals surface area contributed by atoms with Gasteiger partial charge in [-0.3, -0.25) is 9.59 Å². The highest BCUT2D eigenvalue weighted by molar-refractivity contribution is 5.99. The Morgan fingerprint density at radius 2 is 2.13 bits per heavy atom. The van der Waals surface area contributed by atoms with Gasteiger partial charge in [0.25, 0.3) is 5.91 Å². The molecule has 0 radical (unpaired) electrons. The molecule has 2 heterocycles. The normalized spacial score (nSPS) is 17.3. The van der Waals surface area contributed by atoms with E-state index in [1.54, 1.807) is 19.4 Å². The van der Waals surface area contributed by atoms with Crippen LogP contribution in [0.3, 0.4) is 0 Å². The molecule has 5 nitrogen and oxygen atoms in total. The highest BCUT2D eigenvalue weighted by Gasteiger charge is 2.31. The highest BCUT2D eigenvalue weighted by Crippen LogP contribution is 2.34. The van der Waals surface area contributed by atoms with Crippen LogP contribution in [0.1, 0.15) is 52.2 Å². The van der Waals surface area contributed by atoms with Crippen LogP contribution in [0.2, 0.25) is 0 Å². The van der Waals surface area contributed by atoms with Gasteiger partial charge < -0.3 is 14.6 Å². The van der Waals surface area contributed by atoms with E-state index in [-0.39, 0.29) is 17.7 Å². The van der Waals surface area contributed by atoms with Crippen molar-refractivity contribution < 1.29 is 14.3 Å². The summed E-state index contributed by atoms with van der Waals surface area (Å²) < 4.78 is 5.28. The summed E-state index contributed by atoms with van der Waals surface area (Å²) in [7, 11) is 1.64. The molecule has 3 rings (SSSR count). The molecular formula is C18H20N2O3. The molecule has 0 aliphatic carbocycles. The van der Waals surface area contributed by atoms with Crippen LogP contribution in [-0.2, 0) is 0 Å². The number of methoxy groups -OCH3 is 1. The predicted octanol–water partition coefficient (Wildman–Crippen LogP) is 3.20. The standard InChI is InChI=1S/C18H20N2O3/c1-12(21)14-10-16(19-11-14)18(22)20-8-4-7-17(20)13-5-3-6-15(9-13)23-2/h3,5-6,9-11,17,19H,4,7-8H2,1-2H3. The van der Waals surface area contributed by atoms with Crippen molar-refractivity contribution in [3.63, 3.8) is 0 Å². The molecule has 1 aromatic heterocycles. The largest absolute Gasteiger partial charge is 0.497 e. The molecule has 1 amide bonds. The zero-order valence-corrected chi connectivity index (χ0v) is 13.3. The summed E-state index contributed by atoms with van der Waals surface area (Å²) in [4.78, 5) is 29.0. The number of H-pyrrole nitrogens is 1. The number of ether oxygens (including phenoxy) is 1. The van der Waals surface area contributed by atoms with Gasteiger partial charge in [0.05, 0.1) is 13.2 Å². The molecule has 120 valence electrons. The first kappa shape index (κ1) is 15.3. The Morgan fingerprint density at radius 1 is 1.30 bits per heavy atom.